The molecule has 2 aromatic carbocycles. The molecule has 0 radical (unpaired) electrons. The summed E-state index contributed by atoms with van der Waals surface area (Å²) in [5, 5.41) is 10.3. The zero-order valence-electron chi connectivity index (χ0n) is 16.2. The van der Waals surface area contributed by atoms with Crippen LogP contribution in [0.5, 0.6) is 11.5 Å². The minimum absolute atomic E-state index is 0.0675. The number of aromatic nitrogens is 3. The van der Waals surface area contributed by atoms with Crippen LogP contribution in [0.15, 0.2) is 42.5 Å². The molecule has 0 saturated heterocycles. The average Bonchev–Trinajstić information content (AvgIpc) is 3.15. The summed E-state index contributed by atoms with van der Waals surface area (Å²) in [4.78, 5) is 29.1. The summed E-state index contributed by atoms with van der Waals surface area (Å²) >= 11 is 5.96. The number of methoxy groups -OCH3 is 2. The van der Waals surface area contributed by atoms with Crippen LogP contribution in [-0.4, -0.2) is 40.8 Å². The molecule has 2 N–H and O–H groups in total. The van der Waals surface area contributed by atoms with E-state index in [0.29, 0.717) is 22.1 Å². The maximum atomic E-state index is 12.7. The van der Waals surface area contributed by atoms with Gasteiger partial charge in [0.25, 0.3) is 11.9 Å². The molecule has 2 heterocycles. The number of benzene rings is 2. The first-order chi connectivity index (χ1) is 14.5. The third-order valence-corrected chi connectivity index (χ3v) is 4.90. The number of nitrogens with one attached hydrogen (secondary N) is 2. The number of amides is 2. The molecule has 1 aromatic heterocycles. The lowest BCUT2D eigenvalue weighted by molar-refractivity contribution is -0.117. The van der Waals surface area contributed by atoms with Crippen molar-refractivity contribution in [3.05, 3.63) is 58.6 Å². The number of carbonyl (C=O) groups is 2. The Morgan fingerprint density at radius 2 is 1.83 bits per heavy atom. The Morgan fingerprint density at radius 3 is 2.47 bits per heavy atom. The van der Waals surface area contributed by atoms with E-state index in [2.05, 4.69) is 20.7 Å². The van der Waals surface area contributed by atoms with E-state index in [4.69, 9.17) is 21.1 Å². The average molecular weight is 428 g/mol. The SMILES string of the molecule is COc1cc(OC)cc(C(=O)Nc2nc3n(n2)C(c2ccc(Cl)cc2)CC(=O)N3)c1. The van der Waals surface area contributed by atoms with Gasteiger partial charge in [-0.2, -0.15) is 4.98 Å². The van der Waals surface area contributed by atoms with E-state index in [9.17, 15) is 9.59 Å². The molecule has 1 atom stereocenters. The standard InChI is InChI=1S/C20H18ClN5O4/c1-29-14-7-12(8-15(9-14)30-2)18(28)23-19-24-20-22-17(27)10-16(26(20)25-19)11-3-5-13(21)6-4-11/h3-9,16H,10H2,1-2H3,(H2,22,23,24,25,27,28). The molecule has 0 aliphatic carbocycles. The van der Waals surface area contributed by atoms with Crippen LogP contribution in [0.2, 0.25) is 5.02 Å². The third-order valence-electron chi connectivity index (χ3n) is 4.65. The summed E-state index contributed by atoms with van der Waals surface area (Å²) in [6, 6.07) is 11.6. The maximum Gasteiger partial charge on any atom is 0.258 e. The second-order valence-corrected chi connectivity index (χ2v) is 7.02. The fraction of sp³-hybridized carbons (Fsp3) is 0.200. The number of hydrogen-bond acceptors (Lipinski definition) is 6. The van der Waals surface area contributed by atoms with Crippen molar-refractivity contribution in [2.75, 3.05) is 24.9 Å². The highest BCUT2D eigenvalue weighted by atomic mass is 35.5. The number of hydrogen-bond donors (Lipinski definition) is 2. The zero-order chi connectivity index (χ0) is 21.3. The lowest BCUT2D eigenvalue weighted by Gasteiger charge is -2.23. The second kappa shape index (κ2) is 8.03. The van der Waals surface area contributed by atoms with E-state index in [1.807, 2.05) is 12.1 Å². The monoisotopic (exact) mass is 427 g/mol. The minimum atomic E-state index is -0.440. The fourth-order valence-electron chi connectivity index (χ4n) is 3.17. The summed E-state index contributed by atoms with van der Waals surface area (Å²) in [6.45, 7) is 0. The smallest absolute Gasteiger partial charge is 0.258 e. The van der Waals surface area contributed by atoms with Crippen molar-refractivity contribution in [2.24, 2.45) is 0 Å². The molecule has 9 nitrogen and oxygen atoms in total. The Morgan fingerprint density at radius 1 is 1.17 bits per heavy atom. The summed E-state index contributed by atoms with van der Waals surface area (Å²) in [5.41, 5.74) is 1.17. The Balaban J connectivity index is 1.62. The first-order valence-electron chi connectivity index (χ1n) is 9.03. The highest BCUT2D eigenvalue weighted by Crippen LogP contribution is 2.30. The van der Waals surface area contributed by atoms with Crippen LogP contribution in [0.4, 0.5) is 11.9 Å². The Hall–Kier alpha value is -3.59. The number of rotatable bonds is 5. The minimum Gasteiger partial charge on any atom is -0.497 e. The van der Waals surface area contributed by atoms with E-state index in [1.165, 1.54) is 14.2 Å². The predicted molar refractivity (Wildman–Crippen MR) is 110 cm³/mol. The number of ether oxygens (including phenoxy) is 2. The van der Waals surface area contributed by atoms with Gasteiger partial charge in [0.1, 0.15) is 11.5 Å². The van der Waals surface area contributed by atoms with Crippen LogP contribution < -0.4 is 20.1 Å². The summed E-state index contributed by atoms with van der Waals surface area (Å²) in [5.74, 6) is 0.649. The lowest BCUT2D eigenvalue weighted by Crippen LogP contribution is -2.29. The van der Waals surface area contributed by atoms with Crippen molar-refractivity contribution in [2.45, 2.75) is 12.5 Å². The van der Waals surface area contributed by atoms with E-state index in [-0.39, 0.29) is 30.3 Å². The van der Waals surface area contributed by atoms with E-state index >= 15 is 0 Å². The highest BCUT2D eigenvalue weighted by Gasteiger charge is 2.29. The number of anilines is 2. The van der Waals surface area contributed by atoms with Gasteiger partial charge in [0.05, 0.1) is 26.7 Å². The largest absolute Gasteiger partial charge is 0.497 e. The van der Waals surface area contributed by atoms with Gasteiger partial charge in [0, 0.05) is 16.7 Å². The Labute approximate surface area is 177 Å². The summed E-state index contributed by atoms with van der Waals surface area (Å²) in [6.07, 6.45) is 0.193. The first kappa shape index (κ1) is 19.7. The van der Waals surface area contributed by atoms with Gasteiger partial charge in [-0.05, 0) is 29.8 Å². The van der Waals surface area contributed by atoms with Gasteiger partial charge in [0.15, 0.2) is 0 Å². The van der Waals surface area contributed by atoms with Crippen molar-refractivity contribution >= 4 is 35.3 Å². The quantitative estimate of drug-likeness (QED) is 0.647. The molecule has 4 rings (SSSR count). The van der Waals surface area contributed by atoms with Crippen molar-refractivity contribution < 1.29 is 19.1 Å². The molecule has 2 amide bonds. The second-order valence-electron chi connectivity index (χ2n) is 6.58. The number of nitrogens with zero attached hydrogens (tertiary/aromatic N) is 3. The predicted octanol–water partition coefficient (Wildman–Crippen LogP) is 3.13. The highest BCUT2D eigenvalue weighted by molar-refractivity contribution is 6.30. The molecule has 10 heteroatoms. The zero-order valence-corrected chi connectivity index (χ0v) is 16.9. The van der Waals surface area contributed by atoms with E-state index in [0.717, 1.165) is 5.56 Å². The molecule has 30 heavy (non-hydrogen) atoms. The summed E-state index contributed by atoms with van der Waals surface area (Å²) < 4.78 is 12.0. The van der Waals surface area contributed by atoms with Crippen LogP contribution >= 0.6 is 11.6 Å². The number of halogens is 1. The topological polar surface area (TPSA) is 107 Å². The van der Waals surface area contributed by atoms with Crippen molar-refractivity contribution in [1.82, 2.24) is 14.8 Å². The van der Waals surface area contributed by atoms with Crippen LogP contribution in [0.25, 0.3) is 0 Å². The molecule has 0 spiro atoms. The molecular weight excluding hydrogens is 410 g/mol. The van der Waals surface area contributed by atoms with E-state index < -0.39 is 5.91 Å². The van der Waals surface area contributed by atoms with Gasteiger partial charge >= 0.3 is 0 Å². The third kappa shape index (κ3) is 3.92. The first-order valence-corrected chi connectivity index (χ1v) is 9.41. The molecule has 1 aliphatic rings. The van der Waals surface area contributed by atoms with Gasteiger partial charge in [-0.1, -0.05) is 23.7 Å². The molecule has 1 unspecified atom stereocenters. The van der Waals surface area contributed by atoms with Gasteiger partial charge < -0.3 is 9.47 Å². The molecule has 0 fully saturated rings. The molecule has 154 valence electrons. The molecule has 3 aromatic rings. The van der Waals surface area contributed by atoms with Crippen LogP contribution in [0.1, 0.15) is 28.4 Å². The van der Waals surface area contributed by atoms with Crippen molar-refractivity contribution in [3.63, 3.8) is 0 Å². The molecule has 0 bridgehead atoms. The number of carbonyl (C=O) groups excluding carboxylic acids is 2. The molecule has 1 aliphatic heterocycles. The lowest BCUT2D eigenvalue weighted by atomic mass is 10.0. The Bertz CT molecular complexity index is 1090. The van der Waals surface area contributed by atoms with Gasteiger partial charge in [0.2, 0.25) is 11.9 Å². The molecule has 0 saturated carbocycles. The number of fused-ring (bicyclic) bond motifs is 1. The normalized spacial score (nSPS) is 15.2. The van der Waals surface area contributed by atoms with Gasteiger partial charge in [-0.3, -0.25) is 20.2 Å². The fourth-order valence-corrected chi connectivity index (χ4v) is 3.30. The molecular formula is C20H18ClN5O4. The van der Waals surface area contributed by atoms with Gasteiger partial charge in [-0.25, -0.2) is 4.68 Å². The van der Waals surface area contributed by atoms with Crippen LogP contribution in [0, 0.1) is 0 Å². The van der Waals surface area contributed by atoms with Crippen molar-refractivity contribution in [3.8, 4) is 11.5 Å². The Kier molecular flexibility index (Phi) is 5.28. The van der Waals surface area contributed by atoms with Gasteiger partial charge in [-0.15, -0.1) is 5.10 Å². The van der Waals surface area contributed by atoms with Crippen molar-refractivity contribution in [1.29, 1.82) is 0 Å². The van der Waals surface area contributed by atoms with Crippen LogP contribution in [-0.2, 0) is 4.79 Å². The summed E-state index contributed by atoms with van der Waals surface area (Å²) in [7, 11) is 3.00. The maximum absolute atomic E-state index is 12.7. The van der Waals surface area contributed by atoms with Crippen LogP contribution in [0.3, 0.4) is 0 Å². The van der Waals surface area contributed by atoms with E-state index in [1.54, 1.807) is 35.0 Å².